The average Bonchev–Trinajstić information content (AvgIpc) is 3.00. The maximum absolute atomic E-state index is 11.7. The summed E-state index contributed by atoms with van der Waals surface area (Å²) in [4.78, 5) is 20.1. The first-order chi connectivity index (χ1) is 11.1. The van der Waals surface area contributed by atoms with Gasteiger partial charge in [0.05, 0.1) is 0 Å². The number of benzene rings is 1. The van der Waals surface area contributed by atoms with Crippen LogP contribution in [-0.4, -0.2) is 61.9 Å². The number of halogens is 1. The zero-order valence-corrected chi connectivity index (χ0v) is 17.2. The number of hydrogen-bond donors (Lipinski definition) is 1. The Morgan fingerprint density at radius 3 is 2.67 bits per heavy atom. The largest absolute Gasteiger partial charge is 0.357 e. The molecule has 1 atom stereocenters. The molecule has 1 aliphatic rings. The van der Waals surface area contributed by atoms with Crippen LogP contribution in [0.15, 0.2) is 35.3 Å². The van der Waals surface area contributed by atoms with E-state index >= 15 is 0 Å². The van der Waals surface area contributed by atoms with Gasteiger partial charge in [-0.1, -0.05) is 30.3 Å². The van der Waals surface area contributed by atoms with Crippen LogP contribution in [0.25, 0.3) is 0 Å². The Morgan fingerprint density at radius 1 is 1.33 bits per heavy atom. The zero-order chi connectivity index (χ0) is 16.7. The van der Waals surface area contributed by atoms with Crippen molar-refractivity contribution in [2.45, 2.75) is 19.8 Å². The van der Waals surface area contributed by atoms with E-state index in [1.54, 1.807) is 19.0 Å². The number of nitrogens with zero attached hydrogens (tertiary/aromatic N) is 3. The van der Waals surface area contributed by atoms with Gasteiger partial charge in [-0.3, -0.25) is 4.79 Å². The van der Waals surface area contributed by atoms with Crippen molar-refractivity contribution in [2.24, 2.45) is 10.9 Å². The van der Waals surface area contributed by atoms with Crippen LogP contribution in [0, 0.1) is 5.92 Å². The lowest BCUT2D eigenvalue weighted by molar-refractivity contribution is -0.127. The fourth-order valence-electron chi connectivity index (χ4n) is 2.85. The number of likely N-dealkylation sites (tertiary alicyclic amines) is 1. The van der Waals surface area contributed by atoms with E-state index in [4.69, 9.17) is 0 Å². The third-order valence-corrected chi connectivity index (χ3v) is 4.15. The number of hydrogen-bond acceptors (Lipinski definition) is 2. The second-order valence-electron chi connectivity index (χ2n) is 6.25. The van der Waals surface area contributed by atoms with Gasteiger partial charge in [0.1, 0.15) is 6.54 Å². The quantitative estimate of drug-likeness (QED) is 0.431. The zero-order valence-electron chi connectivity index (χ0n) is 14.9. The van der Waals surface area contributed by atoms with E-state index in [1.807, 2.05) is 0 Å². The lowest BCUT2D eigenvalue weighted by Crippen LogP contribution is -2.41. The molecule has 0 saturated carbocycles. The minimum atomic E-state index is 0. The monoisotopic (exact) mass is 444 g/mol. The number of nitrogens with one attached hydrogen (secondary N) is 1. The van der Waals surface area contributed by atoms with Gasteiger partial charge in [0.15, 0.2) is 5.96 Å². The standard InChI is InChI=1S/C18H28N4O.HI/c1-4-19-18(20-13-17(23)21(2)3)22-11-10-16(14-22)12-15-8-6-5-7-9-15;/h5-9,16H,4,10-14H2,1-3H3,(H,19,20);1H. The first-order valence-electron chi connectivity index (χ1n) is 8.37. The van der Waals surface area contributed by atoms with E-state index in [9.17, 15) is 4.79 Å². The minimum Gasteiger partial charge on any atom is -0.357 e. The van der Waals surface area contributed by atoms with Gasteiger partial charge in [0.2, 0.25) is 5.91 Å². The molecule has 1 N–H and O–H groups in total. The third kappa shape index (κ3) is 6.30. The van der Waals surface area contributed by atoms with Crippen molar-refractivity contribution in [2.75, 3.05) is 40.3 Å². The molecule has 1 aromatic rings. The molecule has 0 aromatic heterocycles. The summed E-state index contributed by atoms with van der Waals surface area (Å²) in [6.45, 7) is 5.07. The summed E-state index contributed by atoms with van der Waals surface area (Å²) in [5.74, 6) is 1.53. The molecule has 1 fully saturated rings. The number of rotatable bonds is 5. The molecule has 6 heteroatoms. The molecule has 1 aromatic carbocycles. The normalized spacial score (nSPS) is 17.4. The Morgan fingerprint density at radius 2 is 2.04 bits per heavy atom. The molecule has 1 unspecified atom stereocenters. The van der Waals surface area contributed by atoms with Crippen molar-refractivity contribution in [3.05, 3.63) is 35.9 Å². The van der Waals surface area contributed by atoms with E-state index in [-0.39, 0.29) is 36.4 Å². The maximum Gasteiger partial charge on any atom is 0.243 e. The average molecular weight is 444 g/mol. The van der Waals surface area contributed by atoms with Crippen molar-refractivity contribution in [1.82, 2.24) is 15.1 Å². The molecule has 0 spiro atoms. The topological polar surface area (TPSA) is 47.9 Å². The minimum absolute atomic E-state index is 0. The number of aliphatic imine (C=N–C) groups is 1. The molecular formula is C18H29IN4O. The third-order valence-electron chi connectivity index (χ3n) is 4.15. The Bertz CT molecular complexity index is 533. The summed E-state index contributed by atoms with van der Waals surface area (Å²) in [7, 11) is 3.52. The molecule has 2 rings (SSSR count). The van der Waals surface area contributed by atoms with Crippen molar-refractivity contribution in [3.63, 3.8) is 0 Å². The van der Waals surface area contributed by atoms with Crippen LogP contribution in [0.5, 0.6) is 0 Å². The van der Waals surface area contributed by atoms with Gasteiger partial charge in [-0.25, -0.2) is 4.99 Å². The summed E-state index contributed by atoms with van der Waals surface area (Å²) in [5.41, 5.74) is 1.39. The predicted molar refractivity (Wildman–Crippen MR) is 110 cm³/mol. The van der Waals surface area contributed by atoms with Gasteiger partial charge in [0.25, 0.3) is 0 Å². The molecule has 1 heterocycles. The molecule has 24 heavy (non-hydrogen) atoms. The van der Waals surface area contributed by atoms with Gasteiger partial charge < -0.3 is 15.1 Å². The highest BCUT2D eigenvalue weighted by Crippen LogP contribution is 2.20. The number of amides is 1. The smallest absolute Gasteiger partial charge is 0.243 e. The van der Waals surface area contributed by atoms with Gasteiger partial charge in [-0.15, -0.1) is 24.0 Å². The van der Waals surface area contributed by atoms with Crippen LogP contribution in [0.1, 0.15) is 18.9 Å². The Balaban J connectivity index is 0.00000288. The molecule has 134 valence electrons. The van der Waals surface area contributed by atoms with Crippen molar-refractivity contribution >= 4 is 35.8 Å². The lowest BCUT2D eigenvalue weighted by Gasteiger charge is -2.22. The van der Waals surface area contributed by atoms with Crippen molar-refractivity contribution < 1.29 is 4.79 Å². The van der Waals surface area contributed by atoms with Crippen molar-refractivity contribution in [3.8, 4) is 0 Å². The van der Waals surface area contributed by atoms with Crippen LogP contribution in [-0.2, 0) is 11.2 Å². The van der Waals surface area contributed by atoms with E-state index in [1.165, 1.54) is 12.0 Å². The Kier molecular flexibility index (Phi) is 9.10. The second-order valence-corrected chi connectivity index (χ2v) is 6.25. The van der Waals surface area contributed by atoms with E-state index < -0.39 is 0 Å². The number of carbonyl (C=O) groups is 1. The summed E-state index contributed by atoms with van der Waals surface area (Å²) < 4.78 is 0. The fraction of sp³-hybridized carbons (Fsp3) is 0.556. The van der Waals surface area contributed by atoms with Crippen LogP contribution in [0.2, 0.25) is 0 Å². The number of likely N-dealkylation sites (N-methyl/N-ethyl adjacent to an activating group) is 1. The van der Waals surface area contributed by atoms with Gasteiger partial charge >= 0.3 is 0 Å². The first-order valence-corrected chi connectivity index (χ1v) is 8.37. The Labute approximate surface area is 162 Å². The second kappa shape index (κ2) is 10.5. The predicted octanol–water partition coefficient (Wildman–Crippen LogP) is 2.22. The number of carbonyl (C=O) groups excluding carboxylic acids is 1. The van der Waals surface area contributed by atoms with Crippen LogP contribution >= 0.6 is 24.0 Å². The van der Waals surface area contributed by atoms with Gasteiger partial charge in [-0.2, -0.15) is 0 Å². The highest BCUT2D eigenvalue weighted by Gasteiger charge is 2.25. The molecule has 0 radical (unpaired) electrons. The molecule has 0 aliphatic carbocycles. The van der Waals surface area contributed by atoms with E-state index in [0.717, 1.165) is 32.0 Å². The molecule has 0 bridgehead atoms. The maximum atomic E-state index is 11.7. The van der Waals surface area contributed by atoms with Crippen LogP contribution < -0.4 is 5.32 Å². The molecule has 1 aliphatic heterocycles. The molecular weight excluding hydrogens is 415 g/mol. The molecule has 5 nitrogen and oxygen atoms in total. The Hall–Kier alpha value is -1.31. The highest BCUT2D eigenvalue weighted by molar-refractivity contribution is 14.0. The lowest BCUT2D eigenvalue weighted by atomic mass is 9.99. The van der Waals surface area contributed by atoms with Gasteiger partial charge in [0, 0.05) is 33.7 Å². The summed E-state index contributed by atoms with van der Waals surface area (Å²) >= 11 is 0. The van der Waals surface area contributed by atoms with Crippen LogP contribution in [0.4, 0.5) is 0 Å². The fourth-order valence-corrected chi connectivity index (χ4v) is 2.85. The summed E-state index contributed by atoms with van der Waals surface area (Å²) in [6.07, 6.45) is 2.27. The van der Waals surface area contributed by atoms with Crippen molar-refractivity contribution in [1.29, 1.82) is 0 Å². The highest BCUT2D eigenvalue weighted by atomic mass is 127. The first kappa shape index (κ1) is 20.7. The van der Waals surface area contributed by atoms with Gasteiger partial charge in [-0.05, 0) is 31.2 Å². The molecule has 1 saturated heterocycles. The summed E-state index contributed by atoms with van der Waals surface area (Å²) in [5, 5.41) is 3.31. The SMILES string of the molecule is CCNC(=NCC(=O)N(C)C)N1CCC(Cc2ccccc2)C1.I. The van der Waals surface area contributed by atoms with E-state index in [2.05, 4.69) is 52.5 Å². The van der Waals surface area contributed by atoms with E-state index in [0.29, 0.717) is 5.92 Å². The van der Waals surface area contributed by atoms with Crippen LogP contribution in [0.3, 0.4) is 0 Å². The number of guanidine groups is 1. The molecule has 1 amide bonds. The summed E-state index contributed by atoms with van der Waals surface area (Å²) in [6, 6.07) is 10.6.